The summed E-state index contributed by atoms with van der Waals surface area (Å²) in [6.07, 6.45) is 0.219. The van der Waals surface area contributed by atoms with Crippen LogP contribution in [0.2, 0.25) is 0 Å². The fourth-order valence-corrected chi connectivity index (χ4v) is 3.28. The van der Waals surface area contributed by atoms with Gasteiger partial charge in [0.25, 0.3) is 0 Å². The molecular formula is C21H21NO3. The number of ketones is 1. The van der Waals surface area contributed by atoms with Gasteiger partial charge in [0.2, 0.25) is 5.78 Å². The molecule has 0 saturated carbocycles. The van der Waals surface area contributed by atoms with E-state index in [0.717, 1.165) is 11.1 Å². The summed E-state index contributed by atoms with van der Waals surface area (Å²) in [6, 6.07) is 14.0. The van der Waals surface area contributed by atoms with Crippen LogP contribution in [0.1, 0.15) is 55.6 Å². The molecule has 0 aliphatic heterocycles. The van der Waals surface area contributed by atoms with Gasteiger partial charge in [-0.1, -0.05) is 62.3 Å². The maximum atomic E-state index is 12.6. The third-order valence-electron chi connectivity index (χ3n) is 4.75. The molecule has 1 aliphatic rings. The fraction of sp³-hybridized carbons (Fsp3) is 0.286. The van der Waals surface area contributed by atoms with Crippen molar-refractivity contribution in [1.29, 1.82) is 0 Å². The van der Waals surface area contributed by atoms with Gasteiger partial charge >= 0.3 is 5.97 Å². The van der Waals surface area contributed by atoms with Crippen molar-refractivity contribution in [2.45, 2.75) is 39.5 Å². The van der Waals surface area contributed by atoms with Crippen molar-refractivity contribution < 1.29 is 14.4 Å². The smallest absolute Gasteiger partial charge is 0.318 e. The first-order valence-electron chi connectivity index (χ1n) is 8.39. The Labute approximate surface area is 147 Å². The number of nitrogens with zero attached hydrogens (tertiary/aromatic N) is 1. The molecule has 0 spiro atoms. The van der Waals surface area contributed by atoms with E-state index in [-0.39, 0.29) is 23.3 Å². The molecule has 0 aromatic heterocycles. The number of oxime groups is 1. The number of hydrogen-bond acceptors (Lipinski definition) is 4. The molecule has 4 nitrogen and oxygen atoms in total. The third kappa shape index (κ3) is 2.88. The molecule has 0 bridgehead atoms. The SMILES string of the molecule is CCC(=O)O/N=C(/C)C(=O)c1ccc2c(c1)C(C)(C)c1ccccc1-2. The van der Waals surface area contributed by atoms with Gasteiger partial charge in [-0.25, -0.2) is 4.79 Å². The Morgan fingerprint density at radius 3 is 2.44 bits per heavy atom. The molecular weight excluding hydrogens is 314 g/mol. The summed E-state index contributed by atoms with van der Waals surface area (Å²) in [4.78, 5) is 28.5. The molecule has 128 valence electrons. The number of carbonyl (C=O) groups excluding carboxylic acids is 2. The maximum absolute atomic E-state index is 12.6. The Kier molecular flexibility index (Phi) is 4.29. The summed E-state index contributed by atoms with van der Waals surface area (Å²) in [7, 11) is 0. The van der Waals surface area contributed by atoms with Gasteiger partial charge in [-0.2, -0.15) is 0 Å². The molecule has 25 heavy (non-hydrogen) atoms. The standard InChI is InChI=1S/C21H21NO3/c1-5-19(23)25-22-13(2)20(24)14-10-11-16-15-8-6-7-9-17(15)21(3,4)18(16)12-14/h6-12H,5H2,1-4H3/b22-13-. The van der Waals surface area contributed by atoms with Gasteiger partial charge in [0.15, 0.2) is 0 Å². The molecule has 0 heterocycles. The van der Waals surface area contributed by atoms with E-state index in [1.807, 2.05) is 24.3 Å². The van der Waals surface area contributed by atoms with Crippen molar-refractivity contribution in [3.63, 3.8) is 0 Å². The molecule has 0 N–H and O–H groups in total. The number of carbonyl (C=O) groups is 2. The predicted octanol–water partition coefficient (Wildman–Crippen LogP) is 4.50. The lowest BCUT2D eigenvalue weighted by Gasteiger charge is -2.21. The summed E-state index contributed by atoms with van der Waals surface area (Å²) in [5.74, 6) is -0.698. The predicted molar refractivity (Wildman–Crippen MR) is 97.8 cm³/mol. The summed E-state index contributed by atoms with van der Waals surface area (Å²) in [6.45, 7) is 7.55. The van der Waals surface area contributed by atoms with E-state index >= 15 is 0 Å². The van der Waals surface area contributed by atoms with Crippen LogP contribution in [0.15, 0.2) is 47.6 Å². The van der Waals surface area contributed by atoms with Gasteiger partial charge in [0.05, 0.1) is 0 Å². The highest BCUT2D eigenvalue weighted by Crippen LogP contribution is 2.48. The van der Waals surface area contributed by atoms with Crippen LogP contribution in [0, 0.1) is 0 Å². The quantitative estimate of drug-likeness (QED) is 0.358. The van der Waals surface area contributed by atoms with Crippen molar-refractivity contribution in [1.82, 2.24) is 0 Å². The zero-order chi connectivity index (χ0) is 18.2. The lowest BCUT2D eigenvalue weighted by molar-refractivity contribution is -0.143. The molecule has 0 fully saturated rings. The van der Waals surface area contributed by atoms with Gasteiger partial charge in [-0.15, -0.1) is 0 Å². The normalized spacial score (nSPS) is 14.6. The van der Waals surface area contributed by atoms with Crippen molar-refractivity contribution in [3.05, 3.63) is 59.2 Å². The van der Waals surface area contributed by atoms with Gasteiger partial charge in [-0.3, -0.25) is 4.79 Å². The van der Waals surface area contributed by atoms with Crippen LogP contribution in [0.25, 0.3) is 11.1 Å². The van der Waals surface area contributed by atoms with E-state index in [0.29, 0.717) is 5.56 Å². The van der Waals surface area contributed by atoms with Crippen molar-refractivity contribution in [3.8, 4) is 11.1 Å². The Morgan fingerprint density at radius 1 is 1.04 bits per heavy atom. The number of benzene rings is 2. The summed E-state index contributed by atoms with van der Waals surface area (Å²) in [5, 5.41) is 3.66. The Morgan fingerprint density at radius 2 is 1.72 bits per heavy atom. The van der Waals surface area contributed by atoms with Crippen LogP contribution in [-0.4, -0.2) is 17.5 Å². The minimum atomic E-state index is -0.460. The van der Waals surface area contributed by atoms with Crippen LogP contribution < -0.4 is 0 Å². The minimum absolute atomic E-state index is 0.162. The molecule has 2 aromatic rings. The number of rotatable bonds is 4. The zero-order valence-corrected chi connectivity index (χ0v) is 14.9. The molecule has 4 heteroatoms. The average molecular weight is 335 g/mol. The Hall–Kier alpha value is -2.75. The van der Waals surface area contributed by atoms with E-state index in [9.17, 15) is 9.59 Å². The maximum Gasteiger partial charge on any atom is 0.334 e. The molecule has 0 radical (unpaired) electrons. The topological polar surface area (TPSA) is 55.7 Å². The molecule has 0 amide bonds. The van der Waals surface area contributed by atoms with Crippen molar-refractivity contribution in [2.75, 3.05) is 0 Å². The fourth-order valence-electron chi connectivity index (χ4n) is 3.28. The van der Waals surface area contributed by atoms with Crippen LogP contribution in [0.5, 0.6) is 0 Å². The van der Waals surface area contributed by atoms with E-state index in [4.69, 9.17) is 4.84 Å². The number of hydrogen-bond donors (Lipinski definition) is 0. The largest absolute Gasteiger partial charge is 0.334 e. The van der Waals surface area contributed by atoms with Crippen molar-refractivity contribution in [2.24, 2.45) is 5.16 Å². The van der Waals surface area contributed by atoms with Gasteiger partial charge in [0.1, 0.15) is 5.71 Å². The van der Waals surface area contributed by atoms with E-state index in [1.165, 1.54) is 11.1 Å². The first kappa shape index (κ1) is 17.1. The molecule has 0 saturated heterocycles. The monoisotopic (exact) mass is 335 g/mol. The molecule has 3 rings (SSSR count). The molecule has 1 aliphatic carbocycles. The average Bonchev–Trinajstić information content (AvgIpc) is 2.86. The number of fused-ring (bicyclic) bond motifs is 3. The van der Waals surface area contributed by atoms with Gasteiger partial charge in [-0.05, 0) is 35.2 Å². The van der Waals surface area contributed by atoms with Crippen LogP contribution >= 0.6 is 0 Å². The summed E-state index contributed by atoms with van der Waals surface area (Å²) < 4.78 is 0. The van der Waals surface area contributed by atoms with E-state index in [1.54, 1.807) is 19.9 Å². The molecule has 0 atom stereocenters. The first-order chi connectivity index (χ1) is 11.9. The van der Waals surface area contributed by atoms with E-state index < -0.39 is 5.97 Å². The Bertz CT molecular complexity index is 894. The lowest BCUT2D eigenvalue weighted by atomic mass is 9.81. The highest BCUT2D eigenvalue weighted by Gasteiger charge is 2.35. The van der Waals surface area contributed by atoms with Crippen molar-refractivity contribution >= 4 is 17.5 Å². The van der Waals surface area contributed by atoms with Gasteiger partial charge in [0, 0.05) is 17.4 Å². The second kappa shape index (κ2) is 6.28. The lowest BCUT2D eigenvalue weighted by Crippen LogP contribution is -2.17. The van der Waals surface area contributed by atoms with Gasteiger partial charge < -0.3 is 4.84 Å². The number of Topliss-reactive ketones (excluding diaryl/α,β-unsaturated/α-hetero) is 1. The summed E-state index contributed by atoms with van der Waals surface area (Å²) in [5.41, 5.74) is 5.30. The minimum Gasteiger partial charge on any atom is -0.318 e. The van der Waals surface area contributed by atoms with Crippen LogP contribution in [0.4, 0.5) is 0 Å². The summed E-state index contributed by atoms with van der Waals surface area (Å²) >= 11 is 0. The van der Waals surface area contributed by atoms with E-state index in [2.05, 4.69) is 31.1 Å². The second-order valence-electron chi connectivity index (χ2n) is 6.75. The zero-order valence-electron chi connectivity index (χ0n) is 14.9. The first-order valence-corrected chi connectivity index (χ1v) is 8.39. The highest BCUT2D eigenvalue weighted by atomic mass is 16.7. The third-order valence-corrected chi connectivity index (χ3v) is 4.75. The second-order valence-corrected chi connectivity index (χ2v) is 6.75. The molecule has 2 aromatic carbocycles. The van der Waals surface area contributed by atoms with Crippen LogP contribution in [0.3, 0.4) is 0 Å². The molecule has 0 unspecified atom stereocenters. The highest BCUT2D eigenvalue weighted by molar-refractivity contribution is 6.45. The van der Waals surface area contributed by atoms with Crippen LogP contribution in [-0.2, 0) is 15.0 Å². The Balaban J connectivity index is 1.97.